The molecule has 1 aromatic rings. The number of carbonyl (C=O) groups excluding carboxylic acids is 1. The Morgan fingerprint density at radius 1 is 1.60 bits per heavy atom. The normalized spacial score (nSPS) is 10.5. The summed E-state index contributed by atoms with van der Waals surface area (Å²) < 4.78 is 41.7. The number of aromatic nitrogens is 1. The number of halogens is 4. The van der Waals surface area contributed by atoms with E-state index in [-0.39, 0.29) is 0 Å². The van der Waals surface area contributed by atoms with Crippen molar-refractivity contribution in [3.63, 3.8) is 0 Å². The van der Waals surface area contributed by atoms with E-state index < -0.39 is 34.5 Å². The summed E-state index contributed by atoms with van der Waals surface area (Å²) in [6, 6.07) is 0. The molecule has 0 N–H and O–H groups in total. The molecule has 0 aromatic carbocycles. The molecule has 0 saturated carbocycles. The quantitative estimate of drug-likeness (QED) is 0.588. The Bertz CT molecular complexity index is 398. The first-order chi connectivity index (χ1) is 6.99. The molecule has 0 saturated heterocycles. The predicted octanol–water partition coefficient (Wildman–Crippen LogP) is 2.60. The molecule has 82 valence electrons. The summed E-state index contributed by atoms with van der Waals surface area (Å²) in [7, 11) is 1.05. The molecule has 15 heavy (non-hydrogen) atoms. The van der Waals surface area contributed by atoms with E-state index in [1.54, 1.807) is 0 Å². The van der Waals surface area contributed by atoms with Crippen LogP contribution in [0.2, 0.25) is 5.02 Å². The van der Waals surface area contributed by atoms with Gasteiger partial charge in [0.1, 0.15) is 0 Å². The Balaban J connectivity index is 3.35. The Morgan fingerprint density at radius 2 is 2.20 bits per heavy atom. The third kappa shape index (κ3) is 2.20. The van der Waals surface area contributed by atoms with Crippen LogP contribution in [0.5, 0.6) is 0 Å². The molecular weight excluding hydrogens is 235 g/mol. The van der Waals surface area contributed by atoms with Gasteiger partial charge in [0, 0.05) is 6.20 Å². The number of nitrogens with zero attached hydrogens (tertiary/aromatic N) is 1. The molecule has 0 amide bonds. The fourth-order valence-electron chi connectivity index (χ4n) is 0.921. The van der Waals surface area contributed by atoms with E-state index in [4.69, 9.17) is 11.6 Å². The summed E-state index contributed by atoms with van der Waals surface area (Å²) in [5.74, 6) is -2.35. The first kappa shape index (κ1) is 11.8. The topological polar surface area (TPSA) is 39.2 Å². The summed E-state index contributed by atoms with van der Waals surface area (Å²) in [5, 5.41) is -0.677. The number of hydrogen-bond donors (Lipinski definition) is 0. The second-order valence-electron chi connectivity index (χ2n) is 2.48. The molecule has 0 atom stereocenters. The number of esters is 1. The molecule has 1 aromatic heterocycles. The number of methoxy groups -OCH3 is 1. The highest BCUT2D eigenvalue weighted by Gasteiger charge is 2.24. The van der Waals surface area contributed by atoms with Gasteiger partial charge in [0.2, 0.25) is 5.95 Å². The van der Waals surface area contributed by atoms with Gasteiger partial charge < -0.3 is 4.74 Å². The van der Waals surface area contributed by atoms with Crippen molar-refractivity contribution >= 4 is 17.6 Å². The van der Waals surface area contributed by atoms with Gasteiger partial charge in [0.15, 0.2) is 0 Å². The Kier molecular flexibility index (Phi) is 3.52. The van der Waals surface area contributed by atoms with Crippen LogP contribution in [0, 0.1) is 5.95 Å². The minimum Gasteiger partial charge on any atom is -0.465 e. The van der Waals surface area contributed by atoms with Crippen molar-refractivity contribution in [3.8, 4) is 0 Å². The van der Waals surface area contributed by atoms with Crippen molar-refractivity contribution < 1.29 is 22.7 Å². The Labute approximate surface area is 87.8 Å². The fraction of sp³-hybridized carbons (Fsp3) is 0.250. The lowest BCUT2D eigenvalue weighted by molar-refractivity contribution is 0.0599. The SMILES string of the molecule is COC(=O)c1cnc(F)c(C(F)F)c1Cl. The molecular formula is C8H5ClF3NO2. The van der Waals surface area contributed by atoms with Crippen molar-refractivity contribution in [2.24, 2.45) is 0 Å². The first-order valence-corrected chi connectivity index (χ1v) is 4.07. The second kappa shape index (κ2) is 4.48. The highest BCUT2D eigenvalue weighted by atomic mass is 35.5. The molecule has 1 heterocycles. The maximum atomic E-state index is 12.8. The molecule has 0 bridgehead atoms. The number of hydrogen-bond acceptors (Lipinski definition) is 3. The minimum atomic E-state index is -3.14. The molecule has 1 rings (SSSR count). The Morgan fingerprint density at radius 3 is 2.67 bits per heavy atom. The van der Waals surface area contributed by atoms with Gasteiger partial charge in [-0.1, -0.05) is 11.6 Å². The highest BCUT2D eigenvalue weighted by molar-refractivity contribution is 6.34. The lowest BCUT2D eigenvalue weighted by Crippen LogP contribution is -2.07. The number of alkyl halides is 2. The van der Waals surface area contributed by atoms with Crippen LogP contribution in [-0.2, 0) is 4.74 Å². The van der Waals surface area contributed by atoms with Gasteiger partial charge in [-0.3, -0.25) is 0 Å². The standard InChI is InChI=1S/C8H5ClF3NO2/c1-15-8(14)3-2-13-7(12)4(5(3)9)6(10)11/h2,6H,1H3. The molecule has 0 aliphatic carbocycles. The molecule has 7 heteroatoms. The summed E-state index contributed by atoms with van der Waals surface area (Å²) >= 11 is 5.42. The van der Waals surface area contributed by atoms with E-state index in [2.05, 4.69) is 9.72 Å². The lowest BCUT2D eigenvalue weighted by Gasteiger charge is -2.07. The highest BCUT2D eigenvalue weighted by Crippen LogP contribution is 2.31. The van der Waals surface area contributed by atoms with E-state index in [9.17, 15) is 18.0 Å². The maximum absolute atomic E-state index is 12.8. The largest absolute Gasteiger partial charge is 0.465 e. The van der Waals surface area contributed by atoms with Crippen LogP contribution in [0.4, 0.5) is 13.2 Å². The van der Waals surface area contributed by atoms with E-state index in [1.165, 1.54) is 0 Å². The van der Waals surface area contributed by atoms with Crippen LogP contribution in [-0.4, -0.2) is 18.1 Å². The van der Waals surface area contributed by atoms with Crippen LogP contribution in [0.15, 0.2) is 6.20 Å². The molecule has 0 fully saturated rings. The third-order valence-electron chi connectivity index (χ3n) is 1.63. The van der Waals surface area contributed by atoms with Crippen LogP contribution in [0.3, 0.4) is 0 Å². The average Bonchev–Trinajstić information content (AvgIpc) is 2.16. The Hall–Kier alpha value is -1.30. The van der Waals surface area contributed by atoms with Crippen molar-refractivity contribution in [3.05, 3.63) is 28.3 Å². The zero-order chi connectivity index (χ0) is 11.6. The van der Waals surface area contributed by atoms with Crippen molar-refractivity contribution in [2.45, 2.75) is 6.43 Å². The molecule has 0 aliphatic rings. The van der Waals surface area contributed by atoms with Crippen molar-refractivity contribution in [2.75, 3.05) is 7.11 Å². The summed E-state index contributed by atoms with van der Waals surface area (Å²) in [6.45, 7) is 0. The number of ether oxygens (including phenoxy) is 1. The van der Waals surface area contributed by atoms with Gasteiger partial charge in [-0.05, 0) is 0 Å². The van der Waals surface area contributed by atoms with Gasteiger partial charge in [-0.15, -0.1) is 0 Å². The fourth-order valence-corrected chi connectivity index (χ4v) is 1.21. The van der Waals surface area contributed by atoms with Crippen LogP contribution >= 0.6 is 11.6 Å². The summed E-state index contributed by atoms with van der Waals surface area (Å²) in [4.78, 5) is 14.0. The minimum absolute atomic E-state index is 0.393. The molecule has 0 aliphatic heterocycles. The molecule has 3 nitrogen and oxygen atoms in total. The van der Waals surface area contributed by atoms with Gasteiger partial charge in [0.25, 0.3) is 6.43 Å². The molecule has 0 spiro atoms. The van der Waals surface area contributed by atoms with Crippen LogP contribution < -0.4 is 0 Å². The maximum Gasteiger partial charge on any atom is 0.340 e. The van der Waals surface area contributed by atoms with Crippen molar-refractivity contribution in [1.82, 2.24) is 4.98 Å². The lowest BCUT2D eigenvalue weighted by atomic mass is 10.2. The van der Waals surface area contributed by atoms with E-state index in [0.29, 0.717) is 0 Å². The number of rotatable bonds is 2. The zero-order valence-electron chi connectivity index (χ0n) is 7.43. The number of pyridine rings is 1. The van der Waals surface area contributed by atoms with Gasteiger partial charge >= 0.3 is 5.97 Å². The zero-order valence-corrected chi connectivity index (χ0v) is 8.19. The van der Waals surface area contributed by atoms with E-state index in [0.717, 1.165) is 13.3 Å². The van der Waals surface area contributed by atoms with Crippen LogP contribution in [0.25, 0.3) is 0 Å². The smallest absolute Gasteiger partial charge is 0.340 e. The van der Waals surface area contributed by atoms with E-state index >= 15 is 0 Å². The average molecular weight is 240 g/mol. The molecule has 0 radical (unpaired) electrons. The monoisotopic (exact) mass is 239 g/mol. The third-order valence-corrected chi connectivity index (χ3v) is 2.03. The van der Waals surface area contributed by atoms with Crippen LogP contribution in [0.1, 0.15) is 22.3 Å². The molecule has 0 unspecified atom stereocenters. The second-order valence-corrected chi connectivity index (χ2v) is 2.86. The van der Waals surface area contributed by atoms with Gasteiger partial charge in [-0.2, -0.15) is 4.39 Å². The number of carbonyl (C=O) groups is 1. The van der Waals surface area contributed by atoms with E-state index in [1.807, 2.05) is 0 Å². The summed E-state index contributed by atoms with van der Waals surface area (Å²) in [5.41, 5.74) is -1.49. The first-order valence-electron chi connectivity index (χ1n) is 3.69. The van der Waals surface area contributed by atoms with Gasteiger partial charge in [0.05, 0.1) is 23.3 Å². The summed E-state index contributed by atoms with van der Waals surface area (Å²) in [6.07, 6.45) is -2.40. The van der Waals surface area contributed by atoms with Crippen molar-refractivity contribution in [1.29, 1.82) is 0 Å². The predicted molar refractivity (Wildman–Crippen MR) is 45.5 cm³/mol. The van der Waals surface area contributed by atoms with Gasteiger partial charge in [-0.25, -0.2) is 18.6 Å².